The SMILES string of the molecule is CCCCCOC(=O)Nc1ccn([C@]2(O)O[C@H](COC(C)=O)[C@@H](O)[C@@]2(C)O)c(=O)n1. The van der Waals surface area contributed by atoms with Gasteiger partial charge in [0.2, 0.25) is 0 Å². The van der Waals surface area contributed by atoms with E-state index in [1.807, 2.05) is 6.92 Å². The zero-order valence-electron chi connectivity index (χ0n) is 17.0. The van der Waals surface area contributed by atoms with E-state index in [-0.39, 0.29) is 12.4 Å². The number of nitrogens with zero attached hydrogens (tertiary/aromatic N) is 2. The number of aromatic nitrogens is 2. The second-order valence-corrected chi connectivity index (χ2v) is 7.09. The highest BCUT2D eigenvalue weighted by Crippen LogP contribution is 2.41. The van der Waals surface area contributed by atoms with Crippen LogP contribution < -0.4 is 11.0 Å². The molecule has 1 amide bonds. The Morgan fingerprint density at radius 2 is 2.03 bits per heavy atom. The van der Waals surface area contributed by atoms with Gasteiger partial charge in [0.1, 0.15) is 24.6 Å². The van der Waals surface area contributed by atoms with Crippen LogP contribution in [0.3, 0.4) is 0 Å². The normalized spacial score (nSPS) is 28.2. The van der Waals surface area contributed by atoms with Crippen LogP contribution in [0.5, 0.6) is 0 Å². The van der Waals surface area contributed by atoms with E-state index in [0.717, 1.165) is 32.9 Å². The predicted octanol–water partition coefficient (Wildman–Crippen LogP) is -0.342. The fourth-order valence-electron chi connectivity index (χ4n) is 2.94. The van der Waals surface area contributed by atoms with Gasteiger partial charge in [0.25, 0.3) is 5.91 Å². The molecule has 30 heavy (non-hydrogen) atoms. The average molecular weight is 429 g/mol. The standard InChI is InChI=1S/C18H27N3O9/c1-4-5-6-9-28-16(25)20-13-7-8-21(15(24)19-13)18(27)17(3,26)14(23)12(30-18)10-29-11(2)22/h7-8,12,14,23,26-27H,4-6,9-10H2,1-3H3,(H,19,20,24,25)/t12-,14-,17-,18-/m1/s1. The minimum atomic E-state index is -2.71. The van der Waals surface area contributed by atoms with E-state index >= 15 is 0 Å². The number of carbonyl (C=O) groups excluding carboxylic acids is 2. The van der Waals surface area contributed by atoms with Gasteiger partial charge < -0.3 is 29.5 Å². The second kappa shape index (κ2) is 9.51. The molecule has 2 heterocycles. The largest absolute Gasteiger partial charge is 0.463 e. The number of rotatable bonds is 8. The van der Waals surface area contributed by atoms with Gasteiger partial charge in [-0.15, -0.1) is 0 Å². The first-order valence-corrected chi connectivity index (χ1v) is 9.51. The van der Waals surface area contributed by atoms with Gasteiger partial charge in [0.15, 0.2) is 5.60 Å². The Morgan fingerprint density at radius 3 is 2.63 bits per heavy atom. The molecule has 1 aliphatic heterocycles. The molecule has 12 nitrogen and oxygen atoms in total. The third-order valence-electron chi connectivity index (χ3n) is 4.70. The first-order chi connectivity index (χ1) is 14.0. The first kappa shape index (κ1) is 23.7. The van der Waals surface area contributed by atoms with Crippen molar-refractivity contribution in [2.75, 3.05) is 18.5 Å². The molecule has 1 fully saturated rings. The lowest BCUT2D eigenvalue weighted by atomic mass is 9.94. The molecule has 0 bridgehead atoms. The van der Waals surface area contributed by atoms with E-state index in [1.165, 1.54) is 6.07 Å². The van der Waals surface area contributed by atoms with Gasteiger partial charge in [-0.2, -0.15) is 4.98 Å². The second-order valence-electron chi connectivity index (χ2n) is 7.09. The maximum Gasteiger partial charge on any atom is 0.412 e. The molecule has 0 saturated carbocycles. The van der Waals surface area contributed by atoms with Crippen molar-refractivity contribution in [2.24, 2.45) is 0 Å². The molecular formula is C18H27N3O9. The van der Waals surface area contributed by atoms with Gasteiger partial charge in [-0.05, 0) is 19.4 Å². The first-order valence-electron chi connectivity index (χ1n) is 9.51. The minimum absolute atomic E-state index is 0.144. The molecule has 0 aliphatic carbocycles. The fraction of sp³-hybridized carbons (Fsp3) is 0.667. The summed E-state index contributed by atoms with van der Waals surface area (Å²) in [7, 11) is 0. The molecule has 168 valence electrons. The van der Waals surface area contributed by atoms with Crippen molar-refractivity contribution in [3.05, 3.63) is 22.7 Å². The van der Waals surface area contributed by atoms with Crippen LogP contribution in [0.1, 0.15) is 40.0 Å². The monoisotopic (exact) mass is 429 g/mol. The van der Waals surface area contributed by atoms with Crippen LogP contribution in [0.25, 0.3) is 0 Å². The number of carbonyl (C=O) groups is 2. The van der Waals surface area contributed by atoms with E-state index in [4.69, 9.17) is 14.2 Å². The van der Waals surface area contributed by atoms with E-state index in [0.29, 0.717) is 11.0 Å². The van der Waals surface area contributed by atoms with Crippen LogP contribution in [0.4, 0.5) is 10.6 Å². The Labute approximate surface area is 172 Å². The van der Waals surface area contributed by atoms with Gasteiger partial charge in [-0.1, -0.05) is 19.8 Å². The van der Waals surface area contributed by atoms with Crippen molar-refractivity contribution in [2.45, 2.75) is 63.8 Å². The van der Waals surface area contributed by atoms with E-state index in [1.54, 1.807) is 0 Å². The summed E-state index contributed by atoms with van der Waals surface area (Å²) in [6.45, 7) is 3.96. The number of amides is 1. The number of aliphatic hydroxyl groups is 3. The summed E-state index contributed by atoms with van der Waals surface area (Å²) < 4.78 is 15.5. The van der Waals surface area contributed by atoms with Gasteiger partial charge in [0.05, 0.1) is 6.61 Å². The summed E-state index contributed by atoms with van der Waals surface area (Å²) in [6, 6.07) is 1.18. The molecule has 1 saturated heterocycles. The topological polar surface area (TPSA) is 169 Å². The molecule has 1 aliphatic rings. The lowest BCUT2D eigenvalue weighted by Crippen LogP contribution is -2.58. The summed E-state index contributed by atoms with van der Waals surface area (Å²) in [5.74, 6) is -3.51. The van der Waals surface area contributed by atoms with E-state index in [2.05, 4.69) is 10.3 Å². The quantitative estimate of drug-likeness (QED) is 0.317. The number of aliphatic hydroxyl groups excluding tert-OH is 1. The minimum Gasteiger partial charge on any atom is -0.463 e. The highest BCUT2D eigenvalue weighted by atomic mass is 16.7. The Hall–Kier alpha value is -2.54. The van der Waals surface area contributed by atoms with Crippen molar-refractivity contribution >= 4 is 17.9 Å². The summed E-state index contributed by atoms with van der Waals surface area (Å²) in [5, 5.41) is 34.0. The molecule has 0 aromatic carbocycles. The van der Waals surface area contributed by atoms with Crippen molar-refractivity contribution in [3.8, 4) is 0 Å². The lowest BCUT2D eigenvalue weighted by Gasteiger charge is -2.35. The molecule has 0 spiro atoms. The van der Waals surface area contributed by atoms with Crippen LogP contribution in [0.15, 0.2) is 17.1 Å². The van der Waals surface area contributed by atoms with Gasteiger partial charge in [0, 0.05) is 13.1 Å². The van der Waals surface area contributed by atoms with Gasteiger partial charge in [-0.3, -0.25) is 10.1 Å². The molecule has 1 aromatic heterocycles. The molecule has 12 heteroatoms. The summed E-state index contributed by atoms with van der Waals surface area (Å²) in [4.78, 5) is 38.8. The summed E-state index contributed by atoms with van der Waals surface area (Å²) in [6.07, 6.45) is -0.190. The smallest absolute Gasteiger partial charge is 0.412 e. The Bertz CT molecular complexity index is 825. The van der Waals surface area contributed by atoms with Crippen molar-refractivity contribution in [3.63, 3.8) is 0 Å². The number of hydrogen-bond acceptors (Lipinski definition) is 10. The van der Waals surface area contributed by atoms with Crippen molar-refractivity contribution in [1.29, 1.82) is 0 Å². The highest BCUT2D eigenvalue weighted by molar-refractivity contribution is 5.83. The molecule has 0 radical (unpaired) electrons. The summed E-state index contributed by atoms with van der Waals surface area (Å²) in [5.41, 5.74) is -3.43. The Morgan fingerprint density at radius 1 is 1.33 bits per heavy atom. The molecule has 0 unspecified atom stereocenters. The third kappa shape index (κ3) is 4.95. The number of nitrogens with one attached hydrogen (secondary N) is 1. The number of hydrogen-bond donors (Lipinski definition) is 4. The molecule has 1 aromatic rings. The van der Waals surface area contributed by atoms with Crippen LogP contribution >= 0.6 is 0 Å². The Kier molecular flexibility index (Phi) is 7.53. The summed E-state index contributed by atoms with van der Waals surface area (Å²) >= 11 is 0. The van der Waals surface area contributed by atoms with E-state index < -0.39 is 48.1 Å². The Balaban J connectivity index is 2.15. The maximum atomic E-state index is 12.4. The van der Waals surface area contributed by atoms with Crippen molar-refractivity contribution < 1.29 is 39.1 Å². The van der Waals surface area contributed by atoms with Crippen LogP contribution in [-0.4, -0.2) is 68.0 Å². The van der Waals surface area contributed by atoms with E-state index in [9.17, 15) is 29.7 Å². The van der Waals surface area contributed by atoms with Gasteiger partial charge >= 0.3 is 17.8 Å². The molecule has 2 rings (SSSR count). The number of unbranched alkanes of at least 4 members (excludes halogenated alkanes) is 2. The van der Waals surface area contributed by atoms with Crippen molar-refractivity contribution in [1.82, 2.24) is 9.55 Å². The number of ether oxygens (including phenoxy) is 3. The predicted molar refractivity (Wildman–Crippen MR) is 101 cm³/mol. The highest BCUT2D eigenvalue weighted by Gasteiger charge is 2.64. The molecule has 4 atom stereocenters. The van der Waals surface area contributed by atoms with Crippen LogP contribution in [0, 0.1) is 0 Å². The fourth-order valence-corrected chi connectivity index (χ4v) is 2.94. The number of anilines is 1. The molecule has 4 N–H and O–H groups in total. The maximum absolute atomic E-state index is 12.4. The number of esters is 1. The van der Waals surface area contributed by atoms with Gasteiger partial charge in [-0.25, -0.2) is 14.2 Å². The average Bonchev–Trinajstić information content (AvgIpc) is 2.84. The molecular weight excluding hydrogens is 402 g/mol. The third-order valence-corrected chi connectivity index (χ3v) is 4.70. The van der Waals surface area contributed by atoms with Crippen LogP contribution in [0.2, 0.25) is 0 Å². The zero-order valence-corrected chi connectivity index (χ0v) is 17.0. The zero-order chi connectivity index (χ0) is 22.5. The lowest BCUT2D eigenvalue weighted by molar-refractivity contribution is -0.321. The van der Waals surface area contributed by atoms with Crippen LogP contribution in [-0.2, 0) is 24.9 Å².